The first-order valence-electron chi connectivity index (χ1n) is 12.5. The number of hydrogen-bond acceptors (Lipinski definition) is 0. The van der Waals surface area contributed by atoms with Crippen LogP contribution < -0.4 is 0 Å². The van der Waals surface area contributed by atoms with Crippen molar-refractivity contribution in [2.75, 3.05) is 0 Å². The van der Waals surface area contributed by atoms with E-state index in [0.717, 1.165) is 24.1 Å². The van der Waals surface area contributed by atoms with Gasteiger partial charge in [0.25, 0.3) is 0 Å². The average Bonchev–Trinajstić information content (AvgIpc) is 2.89. The molecule has 0 aliphatic rings. The Labute approximate surface area is 226 Å². The lowest BCUT2D eigenvalue weighted by Gasteiger charge is -2.12. The molecule has 0 saturated carbocycles. The van der Waals surface area contributed by atoms with Gasteiger partial charge in [0, 0.05) is 16.7 Å². The summed E-state index contributed by atoms with van der Waals surface area (Å²) in [6.07, 6.45) is 0.264. The molecule has 208 valence electrons. The van der Waals surface area contributed by atoms with E-state index in [4.69, 9.17) is 0 Å². The number of halogens is 8. The minimum absolute atomic E-state index is 0.0481. The van der Waals surface area contributed by atoms with Gasteiger partial charge in [-0.2, -0.15) is 13.2 Å². The highest BCUT2D eigenvalue weighted by atomic mass is 19.4. The van der Waals surface area contributed by atoms with Crippen molar-refractivity contribution in [3.63, 3.8) is 0 Å². The second-order valence-electron chi connectivity index (χ2n) is 9.33. The van der Waals surface area contributed by atoms with Crippen LogP contribution >= 0.6 is 0 Å². The largest absolute Gasteiger partial charge is 0.419 e. The zero-order valence-corrected chi connectivity index (χ0v) is 21.4. The molecule has 4 aromatic rings. The highest BCUT2D eigenvalue weighted by molar-refractivity contribution is 5.72. The molecule has 0 radical (unpaired) electrons. The van der Waals surface area contributed by atoms with E-state index in [2.05, 4.69) is 0 Å². The Morgan fingerprint density at radius 3 is 1.88 bits per heavy atom. The molecule has 0 aliphatic heterocycles. The number of rotatable bonds is 8. The molecule has 0 nitrogen and oxygen atoms in total. The normalized spacial score (nSPS) is 11.9. The maximum absolute atomic E-state index is 15.0. The molecule has 8 heteroatoms. The first kappa shape index (κ1) is 29.1. The van der Waals surface area contributed by atoms with Gasteiger partial charge in [0.1, 0.15) is 17.5 Å². The molecule has 0 amide bonds. The summed E-state index contributed by atoms with van der Waals surface area (Å²) in [6.45, 7) is 1.90. The quantitative estimate of drug-likeness (QED) is 0.149. The van der Waals surface area contributed by atoms with Gasteiger partial charge in [-0.05, 0) is 79.1 Å². The van der Waals surface area contributed by atoms with E-state index in [1.165, 1.54) is 30.3 Å². The molecule has 0 atom stereocenters. The summed E-state index contributed by atoms with van der Waals surface area (Å²) in [5.41, 5.74) is -0.708. The Morgan fingerprint density at radius 2 is 1.23 bits per heavy atom. The fourth-order valence-electron chi connectivity index (χ4n) is 4.48. The van der Waals surface area contributed by atoms with E-state index in [0.29, 0.717) is 18.6 Å². The molecule has 0 aliphatic carbocycles. The first-order valence-corrected chi connectivity index (χ1v) is 12.5. The van der Waals surface area contributed by atoms with Crippen molar-refractivity contribution >= 4 is 0 Å². The number of aryl methyl sites for hydroxylation is 3. The van der Waals surface area contributed by atoms with Crippen molar-refractivity contribution in [1.82, 2.24) is 0 Å². The lowest BCUT2D eigenvalue weighted by atomic mass is 9.95. The summed E-state index contributed by atoms with van der Waals surface area (Å²) in [6, 6.07) is 13.2. The molecule has 4 aromatic carbocycles. The Kier molecular flexibility index (Phi) is 8.76. The molecule has 0 heterocycles. The Bertz CT molecular complexity index is 1550. The molecule has 0 unspecified atom stereocenters. The summed E-state index contributed by atoms with van der Waals surface area (Å²) in [4.78, 5) is 0. The van der Waals surface area contributed by atoms with Crippen LogP contribution in [0.3, 0.4) is 0 Å². The second kappa shape index (κ2) is 12.1. The van der Waals surface area contributed by atoms with E-state index in [-0.39, 0.29) is 46.2 Å². The van der Waals surface area contributed by atoms with Gasteiger partial charge in [0.15, 0.2) is 11.6 Å². The van der Waals surface area contributed by atoms with E-state index in [9.17, 15) is 30.7 Å². The smallest absolute Gasteiger partial charge is 0.206 e. The molecular weight excluding hydrogens is 536 g/mol. The second-order valence-corrected chi connectivity index (χ2v) is 9.33. The number of alkyl halides is 3. The zero-order valence-electron chi connectivity index (χ0n) is 21.4. The minimum Gasteiger partial charge on any atom is -0.206 e. The molecule has 0 bridgehead atoms. The van der Waals surface area contributed by atoms with Crippen LogP contribution in [0, 0.1) is 29.1 Å². The van der Waals surface area contributed by atoms with Crippen molar-refractivity contribution in [2.45, 2.75) is 38.8 Å². The maximum atomic E-state index is 15.0. The Hall–Kier alpha value is -3.94. The standard InChI is InChI=1S/C32H24F8/c1-2-3-4-5-19-7-12-23(27(33)16-19)22-11-13-24(28(34)18-22)25-14-10-21(30(36)31(25)37)9-6-20-8-15-26(29(35)17-20)32(38,39)40/h2-3,7-8,10-18H,4-6,9H2,1H3/b3-2+. The summed E-state index contributed by atoms with van der Waals surface area (Å²) >= 11 is 0. The fraction of sp³-hybridized carbons (Fsp3) is 0.188. The Balaban J connectivity index is 1.53. The van der Waals surface area contributed by atoms with Gasteiger partial charge in [-0.3, -0.25) is 0 Å². The van der Waals surface area contributed by atoms with Gasteiger partial charge in [-0.15, -0.1) is 0 Å². The highest BCUT2D eigenvalue weighted by Crippen LogP contribution is 2.34. The SMILES string of the molecule is C/C=C/CCc1ccc(-c2ccc(-c3ccc(CCc4ccc(C(F)(F)F)c(F)c4)c(F)c3F)c(F)c2)c(F)c1. The number of benzene rings is 4. The molecule has 0 N–H and O–H groups in total. The lowest BCUT2D eigenvalue weighted by molar-refractivity contribution is -0.140. The van der Waals surface area contributed by atoms with Crippen molar-refractivity contribution in [1.29, 1.82) is 0 Å². The van der Waals surface area contributed by atoms with Gasteiger partial charge in [0.2, 0.25) is 0 Å². The summed E-state index contributed by atoms with van der Waals surface area (Å²) in [5.74, 6) is -5.40. The van der Waals surface area contributed by atoms with Gasteiger partial charge in [-0.25, -0.2) is 22.0 Å². The van der Waals surface area contributed by atoms with E-state index in [1.807, 2.05) is 19.1 Å². The van der Waals surface area contributed by atoms with E-state index < -0.39 is 40.8 Å². The first-order chi connectivity index (χ1) is 19.0. The van der Waals surface area contributed by atoms with Crippen molar-refractivity contribution in [3.05, 3.63) is 130 Å². The monoisotopic (exact) mass is 560 g/mol. The maximum Gasteiger partial charge on any atom is 0.419 e. The summed E-state index contributed by atoms with van der Waals surface area (Å²) < 4.78 is 112. The van der Waals surface area contributed by atoms with Crippen LogP contribution in [0.1, 0.15) is 35.6 Å². The lowest BCUT2D eigenvalue weighted by Crippen LogP contribution is -2.08. The van der Waals surface area contributed by atoms with Crippen LogP contribution in [-0.4, -0.2) is 0 Å². The molecule has 0 saturated heterocycles. The minimum atomic E-state index is -4.84. The van der Waals surface area contributed by atoms with Gasteiger partial charge in [0.05, 0.1) is 5.56 Å². The highest BCUT2D eigenvalue weighted by Gasteiger charge is 2.33. The van der Waals surface area contributed by atoms with Crippen LogP contribution in [0.5, 0.6) is 0 Å². The average molecular weight is 561 g/mol. The molecular formula is C32H24F8. The molecule has 0 fully saturated rings. The van der Waals surface area contributed by atoms with Crippen LogP contribution in [-0.2, 0) is 25.4 Å². The number of allylic oxidation sites excluding steroid dienone is 2. The molecule has 0 aromatic heterocycles. The predicted octanol–water partition coefficient (Wildman–Crippen LogP) is 10.0. The Morgan fingerprint density at radius 1 is 0.600 bits per heavy atom. The third kappa shape index (κ3) is 6.43. The van der Waals surface area contributed by atoms with Gasteiger partial charge < -0.3 is 0 Å². The third-order valence-corrected chi connectivity index (χ3v) is 6.62. The van der Waals surface area contributed by atoms with Crippen LogP contribution in [0.4, 0.5) is 35.1 Å². The summed E-state index contributed by atoms with van der Waals surface area (Å²) in [7, 11) is 0. The van der Waals surface area contributed by atoms with Crippen molar-refractivity contribution < 1.29 is 35.1 Å². The van der Waals surface area contributed by atoms with Gasteiger partial charge >= 0.3 is 6.18 Å². The van der Waals surface area contributed by atoms with Crippen molar-refractivity contribution in [3.8, 4) is 22.3 Å². The topological polar surface area (TPSA) is 0 Å². The van der Waals surface area contributed by atoms with E-state index >= 15 is 4.39 Å². The van der Waals surface area contributed by atoms with E-state index in [1.54, 1.807) is 12.1 Å². The predicted molar refractivity (Wildman–Crippen MR) is 139 cm³/mol. The zero-order chi connectivity index (χ0) is 29.0. The number of hydrogen-bond donors (Lipinski definition) is 0. The van der Waals surface area contributed by atoms with Crippen LogP contribution in [0.15, 0.2) is 78.9 Å². The van der Waals surface area contributed by atoms with Gasteiger partial charge in [-0.1, -0.05) is 54.6 Å². The fourth-order valence-corrected chi connectivity index (χ4v) is 4.48. The summed E-state index contributed by atoms with van der Waals surface area (Å²) in [5, 5.41) is 0. The molecule has 4 rings (SSSR count). The molecule has 40 heavy (non-hydrogen) atoms. The van der Waals surface area contributed by atoms with Crippen LogP contribution in [0.2, 0.25) is 0 Å². The molecule has 0 spiro atoms. The van der Waals surface area contributed by atoms with Crippen LogP contribution in [0.25, 0.3) is 22.3 Å². The van der Waals surface area contributed by atoms with Crippen molar-refractivity contribution in [2.24, 2.45) is 0 Å². The third-order valence-electron chi connectivity index (χ3n) is 6.62.